The molecule has 0 fully saturated rings. The van der Waals surface area contributed by atoms with Crippen LogP contribution in [0, 0.1) is 6.92 Å². The Morgan fingerprint density at radius 2 is 2.54 bits per heavy atom. The fourth-order valence-corrected chi connectivity index (χ4v) is 0.860. The Morgan fingerprint density at radius 3 is 3.08 bits per heavy atom. The minimum absolute atomic E-state index is 0.177. The predicted octanol–water partition coefficient (Wildman–Crippen LogP) is 0.246. The molecule has 1 heterocycles. The van der Waals surface area contributed by atoms with E-state index in [-0.39, 0.29) is 12.5 Å². The van der Waals surface area contributed by atoms with Crippen LogP contribution in [0.3, 0.4) is 0 Å². The average Bonchev–Trinajstić information content (AvgIpc) is 2.51. The van der Waals surface area contributed by atoms with Crippen molar-refractivity contribution in [3.63, 3.8) is 0 Å². The van der Waals surface area contributed by atoms with Gasteiger partial charge in [-0.15, -0.1) is 0 Å². The molecule has 72 valence electrons. The van der Waals surface area contributed by atoms with Gasteiger partial charge in [0, 0.05) is 6.07 Å². The number of aryl methyl sites for hydroxylation is 1. The molecule has 13 heavy (non-hydrogen) atoms. The van der Waals surface area contributed by atoms with Crippen molar-refractivity contribution in [1.82, 2.24) is 10.5 Å². The number of hydrogen-bond acceptors (Lipinski definition) is 5. The smallest absolute Gasteiger partial charge is 0.319 e. The predicted molar refractivity (Wildman–Crippen MR) is 45.0 cm³/mol. The number of hydrogen-bond donors (Lipinski definition) is 1. The Morgan fingerprint density at radius 1 is 1.77 bits per heavy atom. The van der Waals surface area contributed by atoms with Crippen LogP contribution >= 0.6 is 0 Å². The molecule has 0 atom stereocenters. The Hall–Kier alpha value is -1.36. The Kier molecular flexibility index (Phi) is 3.45. The van der Waals surface area contributed by atoms with Gasteiger partial charge in [-0.25, -0.2) is 0 Å². The molecule has 0 amide bonds. The molecule has 0 aromatic carbocycles. The van der Waals surface area contributed by atoms with Crippen LogP contribution in [0.2, 0.25) is 0 Å². The van der Waals surface area contributed by atoms with Crippen molar-refractivity contribution >= 4 is 5.97 Å². The van der Waals surface area contributed by atoms with Crippen molar-refractivity contribution in [3.05, 3.63) is 17.5 Å². The third-order valence-corrected chi connectivity index (χ3v) is 1.47. The third-order valence-electron chi connectivity index (χ3n) is 1.47. The zero-order valence-electron chi connectivity index (χ0n) is 7.66. The number of ether oxygens (including phenoxy) is 1. The van der Waals surface area contributed by atoms with Gasteiger partial charge in [-0.05, 0) is 6.92 Å². The van der Waals surface area contributed by atoms with Crippen LogP contribution in [0.25, 0.3) is 0 Å². The van der Waals surface area contributed by atoms with Crippen LogP contribution in [-0.2, 0) is 16.1 Å². The Balaban J connectivity index is 2.24. The van der Waals surface area contributed by atoms with Crippen LogP contribution < -0.4 is 5.32 Å². The van der Waals surface area contributed by atoms with Crippen molar-refractivity contribution in [2.75, 3.05) is 13.7 Å². The van der Waals surface area contributed by atoms with Crippen molar-refractivity contribution in [3.8, 4) is 0 Å². The van der Waals surface area contributed by atoms with Gasteiger partial charge in [0.05, 0.1) is 25.9 Å². The fraction of sp³-hybridized carbons (Fsp3) is 0.500. The highest BCUT2D eigenvalue weighted by atomic mass is 16.5. The van der Waals surface area contributed by atoms with Crippen LogP contribution in [0.1, 0.15) is 11.5 Å². The maximum atomic E-state index is 10.7. The van der Waals surface area contributed by atoms with E-state index < -0.39 is 0 Å². The first-order chi connectivity index (χ1) is 6.22. The lowest BCUT2D eigenvalue weighted by atomic mass is 10.4. The summed E-state index contributed by atoms with van der Waals surface area (Å²) in [7, 11) is 1.35. The highest BCUT2D eigenvalue weighted by Gasteiger charge is 2.02. The molecule has 0 aliphatic heterocycles. The summed E-state index contributed by atoms with van der Waals surface area (Å²) in [5.74, 6) is 0.414. The number of nitrogens with zero attached hydrogens (tertiary/aromatic N) is 1. The van der Waals surface area contributed by atoms with Gasteiger partial charge >= 0.3 is 5.97 Å². The molecule has 0 saturated carbocycles. The van der Waals surface area contributed by atoms with E-state index in [9.17, 15) is 4.79 Å². The second kappa shape index (κ2) is 4.61. The number of rotatable bonds is 4. The Labute approximate surface area is 76.0 Å². The van der Waals surface area contributed by atoms with Crippen molar-refractivity contribution in [2.24, 2.45) is 0 Å². The second-order valence-corrected chi connectivity index (χ2v) is 2.61. The largest absolute Gasteiger partial charge is 0.468 e. The summed E-state index contributed by atoms with van der Waals surface area (Å²) in [6, 6.07) is 1.81. The van der Waals surface area contributed by atoms with E-state index in [1.807, 2.05) is 13.0 Å². The number of nitrogens with one attached hydrogen (secondary N) is 1. The normalized spacial score (nSPS) is 10.0. The van der Waals surface area contributed by atoms with Gasteiger partial charge in [-0.3, -0.25) is 10.1 Å². The first-order valence-corrected chi connectivity index (χ1v) is 3.92. The van der Waals surface area contributed by atoms with Crippen molar-refractivity contribution in [2.45, 2.75) is 13.5 Å². The molecular weight excluding hydrogens is 172 g/mol. The second-order valence-electron chi connectivity index (χ2n) is 2.61. The number of carbonyl (C=O) groups excluding carboxylic acids is 1. The lowest BCUT2D eigenvalue weighted by molar-refractivity contribution is -0.139. The van der Waals surface area contributed by atoms with Gasteiger partial charge in [-0.1, -0.05) is 5.16 Å². The average molecular weight is 184 g/mol. The number of esters is 1. The lowest BCUT2D eigenvalue weighted by Crippen LogP contribution is -2.23. The number of methoxy groups -OCH3 is 1. The fourth-order valence-electron chi connectivity index (χ4n) is 0.860. The summed E-state index contributed by atoms with van der Waals surface area (Å²) in [6.07, 6.45) is 0. The minimum atomic E-state index is -0.295. The third kappa shape index (κ3) is 3.25. The summed E-state index contributed by atoms with van der Waals surface area (Å²) in [5.41, 5.74) is 0.829. The maximum absolute atomic E-state index is 10.7. The first kappa shape index (κ1) is 9.73. The molecule has 1 aromatic heterocycles. The summed E-state index contributed by atoms with van der Waals surface area (Å²) in [4.78, 5) is 10.7. The summed E-state index contributed by atoms with van der Waals surface area (Å²) >= 11 is 0. The molecule has 5 nitrogen and oxygen atoms in total. The van der Waals surface area contributed by atoms with Crippen LogP contribution in [0.15, 0.2) is 10.6 Å². The van der Waals surface area contributed by atoms with E-state index in [0.29, 0.717) is 12.3 Å². The standard InChI is InChI=1S/C8H12N2O3/c1-6-3-7(13-10-6)4-9-5-8(11)12-2/h3,9H,4-5H2,1-2H3. The molecule has 1 N–H and O–H groups in total. The lowest BCUT2D eigenvalue weighted by Gasteiger charge is -1.98. The van der Waals surface area contributed by atoms with E-state index in [1.54, 1.807) is 0 Å². The highest BCUT2D eigenvalue weighted by Crippen LogP contribution is 2.00. The molecular formula is C8H12N2O3. The summed E-state index contributed by atoms with van der Waals surface area (Å²) in [6.45, 7) is 2.50. The first-order valence-electron chi connectivity index (χ1n) is 3.92. The summed E-state index contributed by atoms with van der Waals surface area (Å²) in [5, 5.41) is 6.56. The van der Waals surface area contributed by atoms with E-state index in [1.165, 1.54) is 7.11 Å². The molecule has 0 aliphatic rings. The maximum Gasteiger partial charge on any atom is 0.319 e. The Bertz CT molecular complexity index is 283. The van der Waals surface area contributed by atoms with Crippen molar-refractivity contribution in [1.29, 1.82) is 0 Å². The van der Waals surface area contributed by atoms with Gasteiger partial charge in [0.2, 0.25) is 0 Å². The van der Waals surface area contributed by atoms with Crippen LogP contribution in [-0.4, -0.2) is 24.8 Å². The molecule has 5 heteroatoms. The van der Waals surface area contributed by atoms with Gasteiger partial charge in [0.1, 0.15) is 0 Å². The molecule has 0 spiro atoms. The highest BCUT2D eigenvalue weighted by molar-refractivity contribution is 5.71. The molecule has 1 aromatic rings. The molecule has 0 bridgehead atoms. The zero-order valence-corrected chi connectivity index (χ0v) is 7.66. The van der Waals surface area contributed by atoms with Crippen LogP contribution in [0.4, 0.5) is 0 Å². The van der Waals surface area contributed by atoms with Crippen LogP contribution in [0.5, 0.6) is 0 Å². The zero-order chi connectivity index (χ0) is 9.68. The van der Waals surface area contributed by atoms with Gasteiger partial charge in [-0.2, -0.15) is 0 Å². The van der Waals surface area contributed by atoms with E-state index in [0.717, 1.165) is 5.69 Å². The van der Waals surface area contributed by atoms with E-state index in [4.69, 9.17) is 4.52 Å². The van der Waals surface area contributed by atoms with E-state index >= 15 is 0 Å². The van der Waals surface area contributed by atoms with Gasteiger partial charge in [0.25, 0.3) is 0 Å². The van der Waals surface area contributed by atoms with E-state index in [2.05, 4.69) is 15.2 Å². The summed E-state index contributed by atoms with van der Waals surface area (Å²) < 4.78 is 9.36. The van der Waals surface area contributed by atoms with Gasteiger partial charge < -0.3 is 9.26 Å². The molecule has 0 radical (unpaired) electrons. The number of aromatic nitrogens is 1. The SMILES string of the molecule is COC(=O)CNCc1cc(C)no1. The molecule has 0 saturated heterocycles. The molecule has 0 aliphatic carbocycles. The monoisotopic (exact) mass is 184 g/mol. The number of carbonyl (C=O) groups is 1. The molecule has 1 rings (SSSR count). The quantitative estimate of drug-likeness (QED) is 0.679. The minimum Gasteiger partial charge on any atom is -0.468 e. The topological polar surface area (TPSA) is 64.4 Å². The van der Waals surface area contributed by atoms with Crippen molar-refractivity contribution < 1.29 is 14.1 Å². The van der Waals surface area contributed by atoms with Gasteiger partial charge in [0.15, 0.2) is 5.76 Å². The molecule has 0 unspecified atom stereocenters.